The van der Waals surface area contributed by atoms with Gasteiger partial charge in [0.2, 0.25) is 0 Å². The Morgan fingerprint density at radius 1 is 1.43 bits per heavy atom. The van der Waals surface area contributed by atoms with E-state index < -0.39 is 0 Å². The first-order valence-electron chi connectivity index (χ1n) is 5.53. The van der Waals surface area contributed by atoms with E-state index in [0.29, 0.717) is 5.92 Å². The van der Waals surface area contributed by atoms with Gasteiger partial charge in [0, 0.05) is 16.3 Å². The quantitative estimate of drug-likeness (QED) is 0.370. The molecule has 0 rings (SSSR count). The molecule has 2 heteroatoms. The Balaban J connectivity index is 4.09. The average molecular weight is 307 g/mol. The van der Waals surface area contributed by atoms with Gasteiger partial charge in [-0.2, -0.15) is 0 Å². The molecule has 0 heterocycles. The fourth-order valence-electron chi connectivity index (χ4n) is 1.35. The molecule has 0 radical (unpaired) electrons. The van der Waals surface area contributed by atoms with E-state index in [1.165, 1.54) is 18.5 Å². The SMILES string of the molecule is CCCC(C)/C=C(/CC)N=CCCI. The molecule has 1 nitrogen and oxygen atoms in total. The molecule has 0 aliphatic heterocycles. The fraction of sp³-hybridized carbons (Fsp3) is 0.750. The van der Waals surface area contributed by atoms with E-state index in [9.17, 15) is 0 Å². The van der Waals surface area contributed by atoms with Crippen LogP contribution in [0.4, 0.5) is 0 Å². The van der Waals surface area contributed by atoms with Gasteiger partial charge in [-0.05, 0) is 25.2 Å². The first-order valence-corrected chi connectivity index (χ1v) is 7.06. The summed E-state index contributed by atoms with van der Waals surface area (Å²) in [5, 5.41) is 0. The zero-order valence-corrected chi connectivity index (χ0v) is 11.8. The molecule has 0 amide bonds. The zero-order chi connectivity index (χ0) is 10.8. The maximum absolute atomic E-state index is 4.49. The molecule has 0 bridgehead atoms. The third-order valence-corrected chi connectivity index (χ3v) is 2.70. The number of nitrogens with zero attached hydrogens (tertiary/aromatic N) is 1. The lowest BCUT2D eigenvalue weighted by atomic mass is 10.0. The van der Waals surface area contributed by atoms with Crippen LogP contribution in [0.3, 0.4) is 0 Å². The molecule has 0 N–H and O–H groups in total. The molecular formula is C12H22IN. The van der Waals surface area contributed by atoms with E-state index in [0.717, 1.165) is 17.3 Å². The maximum atomic E-state index is 4.49. The number of hydrogen-bond acceptors (Lipinski definition) is 1. The van der Waals surface area contributed by atoms with Gasteiger partial charge in [0.05, 0.1) is 0 Å². The van der Waals surface area contributed by atoms with Gasteiger partial charge in [-0.1, -0.05) is 55.9 Å². The van der Waals surface area contributed by atoms with Gasteiger partial charge >= 0.3 is 0 Å². The van der Waals surface area contributed by atoms with Crippen molar-refractivity contribution in [2.45, 2.75) is 46.5 Å². The lowest BCUT2D eigenvalue weighted by molar-refractivity contribution is 0.628. The first-order chi connectivity index (χ1) is 6.74. The summed E-state index contributed by atoms with van der Waals surface area (Å²) in [6.45, 7) is 6.67. The third-order valence-electron chi connectivity index (χ3n) is 2.08. The second kappa shape index (κ2) is 9.69. The number of rotatable bonds is 7. The minimum absolute atomic E-state index is 0.673. The summed E-state index contributed by atoms with van der Waals surface area (Å²) in [6.07, 6.45) is 9.01. The van der Waals surface area contributed by atoms with Crippen molar-refractivity contribution in [3.63, 3.8) is 0 Å². The van der Waals surface area contributed by atoms with Gasteiger partial charge in [0.25, 0.3) is 0 Å². The van der Waals surface area contributed by atoms with Gasteiger partial charge in [0.15, 0.2) is 0 Å². The van der Waals surface area contributed by atoms with Crippen molar-refractivity contribution >= 4 is 28.8 Å². The summed E-state index contributed by atoms with van der Waals surface area (Å²) < 4.78 is 1.16. The highest BCUT2D eigenvalue weighted by Gasteiger charge is 1.97. The van der Waals surface area contributed by atoms with Crippen LogP contribution in [-0.2, 0) is 0 Å². The Hall–Kier alpha value is 0.140. The number of halogens is 1. The first kappa shape index (κ1) is 14.1. The van der Waals surface area contributed by atoms with Gasteiger partial charge in [-0.25, -0.2) is 0 Å². The monoisotopic (exact) mass is 307 g/mol. The van der Waals surface area contributed by atoms with Gasteiger partial charge < -0.3 is 0 Å². The van der Waals surface area contributed by atoms with E-state index in [1.807, 2.05) is 6.21 Å². The van der Waals surface area contributed by atoms with Crippen LogP contribution >= 0.6 is 22.6 Å². The number of hydrogen-bond donors (Lipinski definition) is 0. The summed E-state index contributed by atoms with van der Waals surface area (Å²) >= 11 is 2.37. The van der Waals surface area contributed by atoms with Crippen molar-refractivity contribution in [3.8, 4) is 0 Å². The van der Waals surface area contributed by atoms with Crippen molar-refractivity contribution in [2.75, 3.05) is 4.43 Å². The smallest absolute Gasteiger partial charge is 0.0359 e. The Kier molecular flexibility index (Phi) is 9.78. The van der Waals surface area contributed by atoms with Crippen LogP contribution in [-0.4, -0.2) is 10.6 Å². The number of allylic oxidation sites excluding steroid dienone is 2. The lowest BCUT2D eigenvalue weighted by Gasteiger charge is -2.05. The highest BCUT2D eigenvalue weighted by atomic mass is 127. The van der Waals surface area contributed by atoms with Crippen LogP contribution in [0.15, 0.2) is 16.8 Å². The summed E-state index contributed by atoms with van der Waals surface area (Å²) in [5.74, 6) is 0.673. The molecule has 82 valence electrons. The molecule has 0 aromatic heterocycles. The van der Waals surface area contributed by atoms with Crippen LogP contribution in [0.25, 0.3) is 0 Å². The number of aliphatic imine (C=N–C) groups is 1. The number of alkyl halides is 1. The Labute approximate surface area is 102 Å². The molecule has 0 aromatic carbocycles. The zero-order valence-electron chi connectivity index (χ0n) is 9.59. The van der Waals surface area contributed by atoms with Crippen molar-refractivity contribution in [1.29, 1.82) is 0 Å². The third kappa shape index (κ3) is 7.54. The highest BCUT2D eigenvalue weighted by molar-refractivity contribution is 14.1. The Morgan fingerprint density at radius 3 is 2.64 bits per heavy atom. The molecule has 0 aliphatic rings. The van der Waals surface area contributed by atoms with Crippen molar-refractivity contribution in [3.05, 3.63) is 11.8 Å². The normalized spacial score (nSPS) is 15.0. The van der Waals surface area contributed by atoms with Crippen LogP contribution < -0.4 is 0 Å². The largest absolute Gasteiger partial charge is 0.266 e. The van der Waals surface area contributed by atoms with E-state index in [-0.39, 0.29) is 0 Å². The minimum atomic E-state index is 0.673. The molecule has 0 aromatic rings. The second-order valence-electron chi connectivity index (χ2n) is 3.57. The van der Waals surface area contributed by atoms with E-state index >= 15 is 0 Å². The molecule has 0 fully saturated rings. The van der Waals surface area contributed by atoms with E-state index in [1.54, 1.807) is 0 Å². The van der Waals surface area contributed by atoms with Crippen molar-refractivity contribution in [2.24, 2.45) is 10.9 Å². The molecule has 0 saturated heterocycles. The molecule has 1 atom stereocenters. The highest BCUT2D eigenvalue weighted by Crippen LogP contribution is 2.12. The average Bonchev–Trinajstić information content (AvgIpc) is 2.17. The Morgan fingerprint density at radius 2 is 2.14 bits per heavy atom. The minimum Gasteiger partial charge on any atom is -0.266 e. The molecular weight excluding hydrogens is 285 g/mol. The predicted molar refractivity (Wildman–Crippen MR) is 74.4 cm³/mol. The summed E-state index contributed by atoms with van der Waals surface area (Å²) in [7, 11) is 0. The predicted octanol–water partition coefficient (Wildman–Crippen LogP) is 4.61. The van der Waals surface area contributed by atoms with Crippen LogP contribution in [0, 0.1) is 5.92 Å². The van der Waals surface area contributed by atoms with Crippen LogP contribution in [0.2, 0.25) is 0 Å². The van der Waals surface area contributed by atoms with Crippen molar-refractivity contribution in [1.82, 2.24) is 0 Å². The maximum Gasteiger partial charge on any atom is 0.0359 e. The molecule has 14 heavy (non-hydrogen) atoms. The van der Waals surface area contributed by atoms with Crippen molar-refractivity contribution < 1.29 is 0 Å². The molecule has 1 unspecified atom stereocenters. The van der Waals surface area contributed by atoms with Crippen LogP contribution in [0.5, 0.6) is 0 Å². The standard InChI is InChI=1S/C12H22IN/c1-4-7-11(3)10-12(5-2)14-9-6-8-13/h9-11H,4-8H2,1-3H3/b12-10-,14-9?. The van der Waals surface area contributed by atoms with Gasteiger partial charge in [-0.3, -0.25) is 4.99 Å². The molecule has 0 aliphatic carbocycles. The van der Waals surface area contributed by atoms with Gasteiger partial charge in [-0.15, -0.1) is 0 Å². The molecule has 0 spiro atoms. The van der Waals surface area contributed by atoms with Crippen LogP contribution in [0.1, 0.15) is 46.5 Å². The summed E-state index contributed by atoms with van der Waals surface area (Å²) in [4.78, 5) is 4.49. The van der Waals surface area contributed by atoms with E-state index in [4.69, 9.17) is 0 Å². The topological polar surface area (TPSA) is 12.4 Å². The Bertz CT molecular complexity index is 185. The molecule has 0 saturated carbocycles. The van der Waals surface area contributed by atoms with E-state index in [2.05, 4.69) is 54.4 Å². The van der Waals surface area contributed by atoms with Gasteiger partial charge in [0.1, 0.15) is 0 Å². The summed E-state index contributed by atoms with van der Waals surface area (Å²) in [5.41, 5.74) is 1.25. The second-order valence-corrected chi connectivity index (χ2v) is 4.65. The lowest BCUT2D eigenvalue weighted by Crippen LogP contribution is -1.91. The summed E-state index contributed by atoms with van der Waals surface area (Å²) in [6, 6.07) is 0. The fourth-order valence-corrected chi connectivity index (χ4v) is 1.63.